The van der Waals surface area contributed by atoms with Crippen molar-refractivity contribution in [1.82, 2.24) is 25.4 Å². The summed E-state index contributed by atoms with van der Waals surface area (Å²) in [4.78, 5) is 18.2. The topological polar surface area (TPSA) is 75.1 Å². The lowest BCUT2D eigenvalue weighted by molar-refractivity contribution is 0.233. The third-order valence-electron chi connectivity index (χ3n) is 4.00. The fraction of sp³-hybridized carbons (Fsp3) is 0.438. The molecule has 2 aromatic rings. The number of halogens is 1. The normalized spacial score (nSPS) is 18.4. The van der Waals surface area contributed by atoms with Crippen LogP contribution in [0, 0.1) is 0 Å². The van der Waals surface area contributed by atoms with Crippen molar-refractivity contribution in [3.05, 3.63) is 41.9 Å². The van der Waals surface area contributed by atoms with Crippen LogP contribution in [-0.2, 0) is 6.54 Å². The minimum Gasteiger partial charge on any atom is -0.369 e. The van der Waals surface area contributed by atoms with Gasteiger partial charge in [0, 0.05) is 35.9 Å². The Morgan fingerprint density at radius 1 is 1.50 bits per heavy atom. The van der Waals surface area contributed by atoms with E-state index in [1.807, 2.05) is 31.2 Å². The summed E-state index contributed by atoms with van der Waals surface area (Å²) in [5.41, 5.74) is 1.09. The van der Waals surface area contributed by atoms with Crippen molar-refractivity contribution in [2.45, 2.75) is 32.0 Å². The second-order valence-electron chi connectivity index (χ2n) is 6.05. The highest BCUT2D eigenvalue weighted by Crippen LogP contribution is 2.23. The van der Waals surface area contributed by atoms with E-state index in [0.29, 0.717) is 6.54 Å². The molecule has 1 aliphatic heterocycles. The lowest BCUT2D eigenvalue weighted by atomic mass is 10.2. The minimum atomic E-state index is -0.152. The molecule has 1 fully saturated rings. The van der Waals surface area contributed by atoms with Gasteiger partial charge in [-0.05, 0) is 31.5 Å². The maximum atomic E-state index is 12.1. The van der Waals surface area contributed by atoms with E-state index in [9.17, 15) is 4.79 Å². The number of urea groups is 1. The van der Waals surface area contributed by atoms with Gasteiger partial charge in [-0.3, -0.25) is 4.68 Å². The van der Waals surface area contributed by atoms with Crippen LogP contribution >= 0.6 is 11.6 Å². The lowest BCUT2D eigenvalue weighted by Gasteiger charge is -2.20. The molecule has 7 nitrogen and oxygen atoms in total. The predicted octanol–water partition coefficient (Wildman–Crippen LogP) is 1.90. The zero-order chi connectivity index (χ0) is 16.9. The molecule has 128 valence electrons. The number of carbonyl (C=O) groups excluding carboxylic acids is 1. The average Bonchev–Trinajstić information content (AvgIpc) is 3.19. The first-order chi connectivity index (χ1) is 11.6. The molecule has 0 bridgehead atoms. The molecular weight excluding hydrogens is 328 g/mol. The van der Waals surface area contributed by atoms with Crippen LogP contribution in [0.5, 0.6) is 0 Å². The van der Waals surface area contributed by atoms with Crippen molar-refractivity contribution in [1.29, 1.82) is 0 Å². The molecule has 0 saturated carbocycles. The number of nitrogens with one attached hydrogen (secondary N) is 2. The first-order valence-corrected chi connectivity index (χ1v) is 8.38. The van der Waals surface area contributed by atoms with Crippen LogP contribution < -0.4 is 15.5 Å². The number of hydrogen-bond donors (Lipinski definition) is 2. The molecule has 24 heavy (non-hydrogen) atoms. The Bertz CT molecular complexity index is 677. The number of anilines is 1. The van der Waals surface area contributed by atoms with Crippen molar-refractivity contribution in [2.75, 3.05) is 18.0 Å². The molecule has 1 saturated heterocycles. The molecule has 0 radical (unpaired) electrons. The summed E-state index contributed by atoms with van der Waals surface area (Å²) in [5, 5.41) is 10.7. The quantitative estimate of drug-likeness (QED) is 0.865. The molecular formula is C16H21ClN6O. The van der Waals surface area contributed by atoms with Gasteiger partial charge in [-0.2, -0.15) is 5.10 Å². The fourth-order valence-corrected chi connectivity index (χ4v) is 3.07. The van der Waals surface area contributed by atoms with Gasteiger partial charge < -0.3 is 15.5 Å². The van der Waals surface area contributed by atoms with Crippen LogP contribution in [0.1, 0.15) is 13.3 Å². The molecule has 1 aromatic heterocycles. The largest absolute Gasteiger partial charge is 0.369 e. The maximum Gasteiger partial charge on any atom is 0.315 e. The molecule has 0 spiro atoms. The minimum absolute atomic E-state index is 0.0304. The first-order valence-electron chi connectivity index (χ1n) is 8.00. The third kappa shape index (κ3) is 4.38. The SMILES string of the molecule is C[C@H](Cn1cncn1)NC(=O)N[C@H]1CCN(c2cccc(Cl)c2)C1. The number of nitrogens with zero attached hydrogens (tertiary/aromatic N) is 4. The zero-order valence-electron chi connectivity index (χ0n) is 13.5. The van der Waals surface area contributed by atoms with E-state index in [2.05, 4.69) is 25.6 Å². The summed E-state index contributed by atoms with van der Waals surface area (Å²) in [5.74, 6) is 0. The van der Waals surface area contributed by atoms with E-state index >= 15 is 0 Å². The highest BCUT2D eigenvalue weighted by molar-refractivity contribution is 6.30. The molecule has 2 atom stereocenters. The Kier molecular flexibility index (Phi) is 5.20. The van der Waals surface area contributed by atoms with Gasteiger partial charge in [-0.15, -0.1) is 0 Å². The van der Waals surface area contributed by atoms with Crippen molar-refractivity contribution in [2.24, 2.45) is 0 Å². The lowest BCUT2D eigenvalue weighted by Crippen LogP contribution is -2.47. The van der Waals surface area contributed by atoms with Gasteiger partial charge in [0.25, 0.3) is 0 Å². The van der Waals surface area contributed by atoms with Crippen molar-refractivity contribution in [3.63, 3.8) is 0 Å². The standard InChI is InChI=1S/C16H21ClN6O/c1-12(8-23-11-18-10-19-23)20-16(24)21-14-5-6-22(9-14)15-4-2-3-13(17)7-15/h2-4,7,10-12,14H,5-6,8-9H2,1H3,(H2,20,21,24)/t12-,14+/m1/s1. The van der Waals surface area contributed by atoms with E-state index in [1.54, 1.807) is 11.0 Å². The predicted molar refractivity (Wildman–Crippen MR) is 93.2 cm³/mol. The van der Waals surface area contributed by atoms with Gasteiger partial charge >= 0.3 is 6.03 Å². The van der Waals surface area contributed by atoms with Gasteiger partial charge in [0.1, 0.15) is 12.7 Å². The Morgan fingerprint density at radius 2 is 2.38 bits per heavy atom. The molecule has 0 unspecified atom stereocenters. The molecule has 0 aliphatic carbocycles. The van der Waals surface area contributed by atoms with E-state index < -0.39 is 0 Å². The number of benzene rings is 1. The second-order valence-corrected chi connectivity index (χ2v) is 6.48. The molecule has 2 heterocycles. The van der Waals surface area contributed by atoms with Crippen LogP contribution in [0.2, 0.25) is 5.02 Å². The summed E-state index contributed by atoms with van der Waals surface area (Å²) >= 11 is 6.04. The second kappa shape index (κ2) is 7.53. The highest BCUT2D eigenvalue weighted by atomic mass is 35.5. The highest BCUT2D eigenvalue weighted by Gasteiger charge is 2.24. The number of carbonyl (C=O) groups is 1. The summed E-state index contributed by atoms with van der Waals surface area (Å²) in [6.45, 7) is 4.21. The Balaban J connectivity index is 1.45. The van der Waals surface area contributed by atoms with E-state index in [-0.39, 0.29) is 18.1 Å². The van der Waals surface area contributed by atoms with Gasteiger partial charge in [0.05, 0.1) is 6.54 Å². The summed E-state index contributed by atoms with van der Waals surface area (Å²) in [7, 11) is 0. The maximum absolute atomic E-state index is 12.1. The Hall–Kier alpha value is -2.28. The third-order valence-corrected chi connectivity index (χ3v) is 4.24. The molecule has 8 heteroatoms. The summed E-state index contributed by atoms with van der Waals surface area (Å²) in [6, 6.07) is 7.73. The Labute approximate surface area is 146 Å². The average molecular weight is 349 g/mol. The molecule has 3 rings (SSSR count). The van der Waals surface area contributed by atoms with Gasteiger partial charge in [0.2, 0.25) is 0 Å². The monoisotopic (exact) mass is 348 g/mol. The van der Waals surface area contributed by atoms with E-state index in [4.69, 9.17) is 11.6 Å². The van der Waals surface area contributed by atoms with Crippen molar-refractivity contribution < 1.29 is 4.79 Å². The van der Waals surface area contributed by atoms with Crippen LogP contribution in [0.4, 0.5) is 10.5 Å². The van der Waals surface area contributed by atoms with E-state index in [0.717, 1.165) is 30.2 Å². The van der Waals surface area contributed by atoms with Crippen molar-refractivity contribution in [3.8, 4) is 0 Å². The van der Waals surface area contributed by atoms with Crippen LogP contribution in [-0.4, -0.2) is 46.0 Å². The number of hydrogen-bond acceptors (Lipinski definition) is 4. The summed E-state index contributed by atoms with van der Waals surface area (Å²) in [6.07, 6.45) is 4.03. The number of aromatic nitrogens is 3. The van der Waals surface area contributed by atoms with E-state index in [1.165, 1.54) is 6.33 Å². The van der Waals surface area contributed by atoms with Gasteiger partial charge in [-0.25, -0.2) is 9.78 Å². The van der Waals surface area contributed by atoms with Gasteiger partial charge in [-0.1, -0.05) is 17.7 Å². The van der Waals surface area contributed by atoms with Gasteiger partial charge in [0.15, 0.2) is 0 Å². The molecule has 2 amide bonds. The summed E-state index contributed by atoms with van der Waals surface area (Å²) < 4.78 is 1.70. The van der Waals surface area contributed by atoms with Crippen LogP contribution in [0.15, 0.2) is 36.9 Å². The number of rotatable bonds is 5. The van der Waals surface area contributed by atoms with Crippen LogP contribution in [0.3, 0.4) is 0 Å². The molecule has 1 aliphatic rings. The first kappa shape index (κ1) is 16.6. The fourth-order valence-electron chi connectivity index (χ4n) is 2.89. The smallest absolute Gasteiger partial charge is 0.315 e. The number of amides is 2. The molecule has 2 N–H and O–H groups in total. The Morgan fingerprint density at radius 3 is 3.12 bits per heavy atom. The molecule has 1 aromatic carbocycles. The zero-order valence-corrected chi connectivity index (χ0v) is 14.3. The van der Waals surface area contributed by atoms with Crippen molar-refractivity contribution >= 4 is 23.3 Å². The van der Waals surface area contributed by atoms with Crippen LogP contribution in [0.25, 0.3) is 0 Å².